The summed E-state index contributed by atoms with van der Waals surface area (Å²) in [4.78, 5) is 28.1. The Morgan fingerprint density at radius 3 is 2.96 bits per heavy atom. The minimum atomic E-state index is -0.410. The molecule has 2 saturated heterocycles. The number of hydrogen-bond donors (Lipinski definition) is 0. The van der Waals surface area contributed by atoms with Gasteiger partial charge in [-0.25, -0.2) is 4.79 Å². The van der Waals surface area contributed by atoms with Gasteiger partial charge in [0, 0.05) is 43.2 Å². The molecule has 2 aromatic rings. The average molecular weight is 358 g/mol. The molecule has 7 nitrogen and oxygen atoms in total. The molecule has 0 radical (unpaired) electrons. The number of carbonyl (C=O) groups excluding carboxylic acids is 1. The number of amides is 1. The first-order chi connectivity index (χ1) is 12.6. The molecule has 1 aromatic carbocycles. The second kappa shape index (κ2) is 7.09. The molecule has 7 heteroatoms. The van der Waals surface area contributed by atoms with E-state index in [1.54, 1.807) is 24.3 Å². The fourth-order valence-electron chi connectivity index (χ4n) is 3.66. The molecule has 0 bridgehead atoms. The van der Waals surface area contributed by atoms with Crippen LogP contribution in [0.25, 0.3) is 11.0 Å². The third kappa shape index (κ3) is 3.45. The van der Waals surface area contributed by atoms with E-state index in [-0.39, 0.29) is 18.6 Å². The zero-order valence-electron chi connectivity index (χ0n) is 14.7. The van der Waals surface area contributed by atoms with Crippen LogP contribution in [0.5, 0.6) is 5.75 Å². The van der Waals surface area contributed by atoms with Crippen LogP contribution in [-0.2, 0) is 9.53 Å². The number of fused-ring (bicyclic) bond motifs is 2. The summed E-state index contributed by atoms with van der Waals surface area (Å²) in [6, 6.07) is 8.94. The third-order valence-corrected chi connectivity index (χ3v) is 5.07. The lowest BCUT2D eigenvalue weighted by Crippen LogP contribution is -2.62. The quantitative estimate of drug-likeness (QED) is 0.766. The van der Waals surface area contributed by atoms with Crippen LogP contribution in [0.1, 0.15) is 6.92 Å². The molecule has 1 aromatic heterocycles. The van der Waals surface area contributed by atoms with Crippen LogP contribution in [0.15, 0.2) is 39.5 Å². The molecule has 4 rings (SSSR count). The van der Waals surface area contributed by atoms with E-state index in [9.17, 15) is 9.59 Å². The fraction of sp³-hybridized carbons (Fsp3) is 0.474. The van der Waals surface area contributed by atoms with Crippen molar-refractivity contribution in [2.45, 2.75) is 19.0 Å². The van der Waals surface area contributed by atoms with E-state index in [0.29, 0.717) is 37.1 Å². The molecule has 2 aliphatic rings. The van der Waals surface area contributed by atoms with Gasteiger partial charge < -0.3 is 18.8 Å². The van der Waals surface area contributed by atoms with E-state index < -0.39 is 5.63 Å². The number of nitrogens with zero attached hydrogens (tertiary/aromatic N) is 2. The lowest BCUT2D eigenvalue weighted by Gasteiger charge is -2.46. The van der Waals surface area contributed by atoms with E-state index in [0.717, 1.165) is 18.5 Å². The summed E-state index contributed by atoms with van der Waals surface area (Å²) in [5, 5.41) is 0.811. The van der Waals surface area contributed by atoms with E-state index in [4.69, 9.17) is 13.9 Å². The number of carbonyl (C=O) groups is 1. The summed E-state index contributed by atoms with van der Waals surface area (Å²) in [5.41, 5.74) is 0.0388. The minimum Gasteiger partial charge on any atom is -0.484 e. The second-order valence-corrected chi connectivity index (χ2v) is 6.86. The van der Waals surface area contributed by atoms with Gasteiger partial charge in [0.2, 0.25) is 0 Å². The lowest BCUT2D eigenvalue weighted by molar-refractivity contribution is -0.141. The zero-order valence-corrected chi connectivity index (χ0v) is 14.7. The van der Waals surface area contributed by atoms with Crippen LogP contribution >= 0.6 is 0 Å². The maximum Gasteiger partial charge on any atom is 0.336 e. The summed E-state index contributed by atoms with van der Waals surface area (Å²) in [5.74, 6) is 0.464. The van der Waals surface area contributed by atoms with Crippen LogP contribution in [0.4, 0.5) is 0 Å². The Labute approximate surface area is 151 Å². The van der Waals surface area contributed by atoms with Crippen molar-refractivity contribution < 1.29 is 18.7 Å². The van der Waals surface area contributed by atoms with E-state index >= 15 is 0 Å². The molecule has 2 atom stereocenters. The molecule has 26 heavy (non-hydrogen) atoms. The molecule has 3 heterocycles. The van der Waals surface area contributed by atoms with Gasteiger partial charge in [-0.3, -0.25) is 9.69 Å². The standard InChI is InChI=1S/C19H22N2O5/c1-13-10-24-11-15-9-20(6-7-21(13)15)18(22)12-25-16-4-2-14-3-5-19(23)26-17(14)8-16/h2-5,8,13,15H,6-7,9-12H2,1H3/t13-,15+/m0/s1. The van der Waals surface area contributed by atoms with Crippen molar-refractivity contribution in [3.05, 3.63) is 40.8 Å². The predicted molar refractivity (Wildman–Crippen MR) is 95.3 cm³/mol. The van der Waals surface area contributed by atoms with Gasteiger partial charge in [0.05, 0.1) is 19.3 Å². The molecular formula is C19H22N2O5. The van der Waals surface area contributed by atoms with E-state index in [2.05, 4.69) is 11.8 Å². The molecule has 2 aliphatic heterocycles. The zero-order chi connectivity index (χ0) is 18.1. The van der Waals surface area contributed by atoms with Crippen LogP contribution in [-0.4, -0.2) is 67.2 Å². The van der Waals surface area contributed by atoms with E-state index in [1.807, 2.05) is 4.90 Å². The largest absolute Gasteiger partial charge is 0.484 e. The van der Waals surface area contributed by atoms with Gasteiger partial charge in [-0.15, -0.1) is 0 Å². The summed E-state index contributed by atoms with van der Waals surface area (Å²) in [6.07, 6.45) is 0. The van der Waals surface area contributed by atoms with Crippen LogP contribution in [0, 0.1) is 0 Å². The monoisotopic (exact) mass is 358 g/mol. The number of benzene rings is 1. The molecule has 0 unspecified atom stereocenters. The lowest BCUT2D eigenvalue weighted by atomic mass is 10.1. The first-order valence-electron chi connectivity index (χ1n) is 8.88. The smallest absolute Gasteiger partial charge is 0.336 e. The Morgan fingerprint density at radius 1 is 1.23 bits per heavy atom. The van der Waals surface area contributed by atoms with Crippen LogP contribution in [0.2, 0.25) is 0 Å². The molecule has 138 valence electrons. The molecule has 0 aliphatic carbocycles. The van der Waals surface area contributed by atoms with Crippen molar-refractivity contribution in [3.63, 3.8) is 0 Å². The summed E-state index contributed by atoms with van der Waals surface area (Å²) in [7, 11) is 0. The van der Waals surface area contributed by atoms with Gasteiger partial charge in [-0.1, -0.05) is 0 Å². The van der Waals surface area contributed by atoms with Crippen LogP contribution in [0.3, 0.4) is 0 Å². The van der Waals surface area contributed by atoms with E-state index in [1.165, 1.54) is 6.07 Å². The van der Waals surface area contributed by atoms with Crippen molar-refractivity contribution in [3.8, 4) is 5.75 Å². The van der Waals surface area contributed by atoms with Gasteiger partial charge in [-0.2, -0.15) is 0 Å². The third-order valence-electron chi connectivity index (χ3n) is 5.07. The van der Waals surface area contributed by atoms with Crippen molar-refractivity contribution in [2.24, 2.45) is 0 Å². The SMILES string of the molecule is C[C@H]1COC[C@H]2CN(C(=O)COc3ccc4ccc(=O)oc4c3)CCN21. The van der Waals surface area contributed by atoms with Gasteiger partial charge in [0.25, 0.3) is 5.91 Å². The Morgan fingerprint density at radius 2 is 2.08 bits per heavy atom. The summed E-state index contributed by atoms with van der Waals surface area (Å²) in [6.45, 7) is 5.78. The fourth-order valence-corrected chi connectivity index (χ4v) is 3.66. The topological polar surface area (TPSA) is 72.2 Å². The number of hydrogen-bond acceptors (Lipinski definition) is 6. The highest BCUT2D eigenvalue weighted by Crippen LogP contribution is 2.21. The molecule has 2 fully saturated rings. The first-order valence-corrected chi connectivity index (χ1v) is 8.88. The van der Waals surface area contributed by atoms with Crippen LogP contribution < -0.4 is 10.4 Å². The molecule has 0 N–H and O–H groups in total. The van der Waals surface area contributed by atoms with Gasteiger partial charge in [0.15, 0.2) is 6.61 Å². The highest BCUT2D eigenvalue weighted by molar-refractivity contribution is 5.79. The van der Waals surface area contributed by atoms with Crippen molar-refractivity contribution in [2.75, 3.05) is 39.5 Å². The number of piperazine rings is 1. The molecular weight excluding hydrogens is 336 g/mol. The number of ether oxygens (including phenoxy) is 2. The Balaban J connectivity index is 1.37. The molecule has 0 saturated carbocycles. The molecule has 1 amide bonds. The van der Waals surface area contributed by atoms with Crippen molar-refractivity contribution in [1.29, 1.82) is 0 Å². The number of rotatable bonds is 3. The predicted octanol–water partition coefficient (Wildman–Crippen LogP) is 1.10. The second-order valence-electron chi connectivity index (χ2n) is 6.86. The summed E-state index contributed by atoms with van der Waals surface area (Å²) < 4.78 is 16.4. The maximum absolute atomic E-state index is 12.5. The van der Waals surface area contributed by atoms with Gasteiger partial charge >= 0.3 is 5.63 Å². The Kier molecular flexibility index (Phi) is 4.65. The average Bonchev–Trinajstić information content (AvgIpc) is 2.65. The summed E-state index contributed by atoms with van der Waals surface area (Å²) >= 11 is 0. The highest BCUT2D eigenvalue weighted by Gasteiger charge is 2.35. The van der Waals surface area contributed by atoms with Crippen molar-refractivity contribution >= 4 is 16.9 Å². The van der Waals surface area contributed by atoms with Gasteiger partial charge in [0.1, 0.15) is 11.3 Å². The Hall–Kier alpha value is -2.38. The maximum atomic E-state index is 12.5. The number of morpholine rings is 1. The minimum absolute atomic E-state index is 0.0360. The highest BCUT2D eigenvalue weighted by atomic mass is 16.5. The normalized spacial score (nSPS) is 23.7. The first kappa shape index (κ1) is 17.1. The van der Waals surface area contributed by atoms with Crippen molar-refractivity contribution in [1.82, 2.24) is 9.80 Å². The molecule has 0 spiro atoms. The Bertz CT molecular complexity index is 864. The van der Waals surface area contributed by atoms with Gasteiger partial charge in [-0.05, 0) is 25.1 Å².